The molecule has 6 nitrogen and oxygen atoms in total. The summed E-state index contributed by atoms with van der Waals surface area (Å²) in [6.07, 6.45) is 2.56. The number of hydrogen-bond acceptors (Lipinski definition) is 3. The van der Waals surface area contributed by atoms with Crippen molar-refractivity contribution in [2.45, 2.75) is 19.4 Å². The van der Waals surface area contributed by atoms with E-state index in [0.29, 0.717) is 13.1 Å². The number of nitrogens with one attached hydrogen (secondary N) is 3. The van der Waals surface area contributed by atoms with Gasteiger partial charge in [0.05, 0.1) is 6.54 Å². The second kappa shape index (κ2) is 9.37. The Morgan fingerprint density at radius 3 is 2.65 bits per heavy atom. The summed E-state index contributed by atoms with van der Waals surface area (Å²) in [5, 5.41) is 8.82. The van der Waals surface area contributed by atoms with Crippen LogP contribution >= 0.6 is 12.4 Å². The van der Waals surface area contributed by atoms with Crippen LogP contribution in [0.5, 0.6) is 0 Å². The molecule has 0 aromatic heterocycles. The Labute approximate surface area is 143 Å². The molecular weight excluding hydrogens is 316 g/mol. The summed E-state index contributed by atoms with van der Waals surface area (Å²) < 4.78 is 0. The Morgan fingerprint density at radius 2 is 2.00 bits per heavy atom. The minimum Gasteiger partial charge on any atom is -0.351 e. The van der Waals surface area contributed by atoms with Gasteiger partial charge in [-0.15, -0.1) is 12.4 Å². The molecule has 0 unspecified atom stereocenters. The van der Waals surface area contributed by atoms with Gasteiger partial charge in [0.15, 0.2) is 0 Å². The summed E-state index contributed by atoms with van der Waals surface area (Å²) in [5.74, 6) is 0.758. The van der Waals surface area contributed by atoms with Crippen molar-refractivity contribution in [1.82, 2.24) is 15.5 Å². The van der Waals surface area contributed by atoms with Crippen molar-refractivity contribution < 1.29 is 9.59 Å². The van der Waals surface area contributed by atoms with Crippen LogP contribution in [0.15, 0.2) is 24.3 Å². The van der Waals surface area contributed by atoms with E-state index in [1.54, 1.807) is 14.1 Å². The molecule has 1 saturated carbocycles. The number of nitrogens with zero attached hydrogens (tertiary/aromatic N) is 1. The third-order valence-corrected chi connectivity index (χ3v) is 3.49. The topological polar surface area (TPSA) is 73.5 Å². The van der Waals surface area contributed by atoms with Crippen LogP contribution in [0.3, 0.4) is 0 Å². The van der Waals surface area contributed by atoms with Gasteiger partial charge < -0.3 is 20.9 Å². The van der Waals surface area contributed by atoms with E-state index >= 15 is 0 Å². The first-order chi connectivity index (χ1) is 10.5. The molecule has 1 aliphatic rings. The van der Waals surface area contributed by atoms with Crippen molar-refractivity contribution >= 4 is 30.0 Å². The highest BCUT2D eigenvalue weighted by Gasteiger charge is 2.20. The first-order valence-electron chi connectivity index (χ1n) is 7.59. The molecule has 128 valence electrons. The lowest BCUT2D eigenvalue weighted by atomic mass is 10.2. The van der Waals surface area contributed by atoms with E-state index in [1.165, 1.54) is 17.7 Å². The monoisotopic (exact) mass is 340 g/mol. The van der Waals surface area contributed by atoms with Crippen molar-refractivity contribution in [1.29, 1.82) is 0 Å². The van der Waals surface area contributed by atoms with Crippen molar-refractivity contribution in [2.24, 2.45) is 5.92 Å². The van der Waals surface area contributed by atoms with Gasteiger partial charge in [-0.2, -0.15) is 0 Å². The predicted octanol–water partition coefficient (Wildman–Crippen LogP) is 1.82. The molecule has 0 aliphatic heterocycles. The molecule has 1 aromatic carbocycles. The van der Waals surface area contributed by atoms with E-state index in [-0.39, 0.29) is 24.3 Å². The number of hydrogen-bond donors (Lipinski definition) is 3. The minimum absolute atomic E-state index is 0. The molecule has 1 fully saturated rings. The quantitative estimate of drug-likeness (QED) is 0.709. The summed E-state index contributed by atoms with van der Waals surface area (Å²) in [4.78, 5) is 24.8. The molecule has 0 heterocycles. The maximum absolute atomic E-state index is 11.7. The average molecular weight is 341 g/mol. The van der Waals surface area contributed by atoms with Gasteiger partial charge in [0.2, 0.25) is 5.91 Å². The number of halogens is 1. The molecule has 1 aliphatic carbocycles. The number of anilines is 1. The second-order valence-electron chi connectivity index (χ2n) is 5.88. The van der Waals surface area contributed by atoms with Gasteiger partial charge in [0.1, 0.15) is 0 Å². The lowest BCUT2D eigenvalue weighted by molar-refractivity contribution is -0.120. The molecule has 1 aromatic rings. The van der Waals surface area contributed by atoms with E-state index in [0.717, 1.165) is 23.7 Å². The van der Waals surface area contributed by atoms with Crippen molar-refractivity contribution in [3.63, 3.8) is 0 Å². The average Bonchev–Trinajstić information content (AvgIpc) is 3.29. The highest BCUT2D eigenvalue weighted by molar-refractivity contribution is 5.89. The number of carbonyl (C=O) groups is 2. The summed E-state index contributed by atoms with van der Waals surface area (Å²) in [6, 6.07) is 7.29. The van der Waals surface area contributed by atoms with Crippen LogP contribution in [0, 0.1) is 5.92 Å². The van der Waals surface area contributed by atoms with Crippen LogP contribution in [0.1, 0.15) is 18.4 Å². The van der Waals surface area contributed by atoms with Crippen LogP contribution in [-0.4, -0.2) is 44.0 Å². The van der Waals surface area contributed by atoms with Crippen LogP contribution in [0.4, 0.5) is 10.5 Å². The smallest absolute Gasteiger partial charge is 0.321 e. The van der Waals surface area contributed by atoms with Gasteiger partial charge in [-0.05, 0) is 43.0 Å². The summed E-state index contributed by atoms with van der Waals surface area (Å²) in [5.41, 5.74) is 1.67. The van der Waals surface area contributed by atoms with Crippen molar-refractivity contribution in [3.05, 3.63) is 29.8 Å². The Morgan fingerprint density at radius 1 is 1.26 bits per heavy atom. The molecule has 0 bridgehead atoms. The maximum Gasteiger partial charge on any atom is 0.321 e. The predicted molar refractivity (Wildman–Crippen MR) is 93.8 cm³/mol. The van der Waals surface area contributed by atoms with Gasteiger partial charge in [-0.1, -0.05) is 12.1 Å². The van der Waals surface area contributed by atoms with E-state index in [1.807, 2.05) is 24.3 Å². The van der Waals surface area contributed by atoms with E-state index in [4.69, 9.17) is 0 Å². The Balaban J connectivity index is 0.00000264. The van der Waals surface area contributed by atoms with Crippen LogP contribution in [0.2, 0.25) is 0 Å². The zero-order chi connectivity index (χ0) is 15.9. The zero-order valence-electron chi connectivity index (χ0n) is 13.6. The van der Waals surface area contributed by atoms with Crippen LogP contribution in [0.25, 0.3) is 0 Å². The van der Waals surface area contributed by atoms with Gasteiger partial charge >= 0.3 is 6.03 Å². The highest BCUT2D eigenvalue weighted by Crippen LogP contribution is 2.27. The summed E-state index contributed by atoms with van der Waals surface area (Å²) >= 11 is 0. The lowest BCUT2D eigenvalue weighted by Crippen LogP contribution is -2.34. The molecule has 7 heteroatoms. The third kappa shape index (κ3) is 7.34. The first-order valence-corrected chi connectivity index (χ1v) is 7.59. The fourth-order valence-electron chi connectivity index (χ4n) is 1.97. The molecule has 0 spiro atoms. The van der Waals surface area contributed by atoms with Gasteiger partial charge in [-0.25, -0.2) is 4.79 Å². The van der Waals surface area contributed by atoms with Gasteiger partial charge in [0.25, 0.3) is 0 Å². The molecule has 0 atom stereocenters. The number of carbonyl (C=O) groups excluding carboxylic acids is 2. The van der Waals surface area contributed by atoms with Gasteiger partial charge in [-0.3, -0.25) is 4.79 Å². The van der Waals surface area contributed by atoms with Crippen molar-refractivity contribution in [3.8, 4) is 0 Å². The van der Waals surface area contributed by atoms with Crippen LogP contribution in [-0.2, 0) is 11.3 Å². The van der Waals surface area contributed by atoms with E-state index in [2.05, 4.69) is 16.0 Å². The molecule has 3 amide bonds. The SMILES string of the molecule is CN(C)C(=O)Nc1cccc(CNC(=O)CNCC2CC2)c1.Cl. The third-order valence-electron chi connectivity index (χ3n) is 3.49. The molecule has 23 heavy (non-hydrogen) atoms. The molecule has 0 saturated heterocycles. The molecule has 2 rings (SSSR count). The number of rotatable bonds is 7. The van der Waals surface area contributed by atoms with E-state index in [9.17, 15) is 9.59 Å². The number of amides is 3. The summed E-state index contributed by atoms with van der Waals surface area (Å²) in [7, 11) is 3.38. The zero-order valence-corrected chi connectivity index (χ0v) is 14.4. The standard InChI is InChI=1S/C16H24N4O2.ClH/c1-20(2)16(22)19-14-5-3-4-13(8-14)10-18-15(21)11-17-9-12-6-7-12;/h3-5,8,12,17H,6-7,9-11H2,1-2H3,(H,18,21)(H,19,22);1H. The largest absolute Gasteiger partial charge is 0.351 e. The van der Waals surface area contributed by atoms with E-state index < -0.39 is 0 Å². The number of urea groups is 1. The maximum atomic E-state index is 11.7. The van der Waals surface area contributed by atoms with Crippen molar-refractivity contribution in [2.75, 3.05) is 32.5 Å². The normalized spacial score (nSPS) is 13.0. The molecule has 3 N–H and O–H groups in total. The fourth-order valence-corrected chi connectivity index (χ4v) is 1.97. The first kappa shape index (κ1) is 19.3. The lowest BCUT2D eigenvalue weighted by Gasteiger charge is -2.13. The van der Waals surface area contributed by atoms with Crippen LogP contribution < -0.4 is 16.0 Å². The Bertz CT molecular complexity index is 533. The minimum atomic E-state index is -0.175. The number of benzene rings is 1. The fraction of sp³-hybridized carbons (Fsp3) is 0.500. The summed E-state index contributed by atoms with van der Waals surface area (Å²) in [6.45, 7) is 1.74. The Hall–Kier alpha value is -1.79. The molecular formula is C16H25ClN4O2. The Kier molecular flexibility index (Phi) is 7.85. The molecule has 0 radical (unpaired) electrons. The van der Waals surface area contributed by atoms with Gasteiger partial charge in [0, 0.05) is 26.3 Å². The second-order valence-corrected chi connectivity index (χ2v) is 5.88. The highest BCUT2D eigenvalue weighted by atomic mass is 35.5.